The Hall–Kier alpha value is -1.63. The topological polar surface area (TPSA) is 51.8 Å². The van der Waals surface area contributed by atoms with E-state index in [2.05, 4.69) is 10.3 Å². The smallest absolute Gasteiger partial charge is 0.170 e. The Morgan fingerprint density at radius 2 is 2.33 bits per heavy atom. The van der Waals surface area contributed by atoms with Crippen LogP contribution in [-0.4, -0.2) is 5.01 Å². The fraction of sp³-hybridized carbons (Fsp3) is 0. The van der Waals surface area contributed by atoms with Crippen molar-refractivity contribution in [3.05, 3.63) is 24.6 Å². The Morgan fingerprint density at radius 3 is 3.11 bits per heavy atom. The Balaban J connectivity index is 2.72. The van der Waals surface area contributed by atoms with Gasteiger partial charge in [0.1, 0.15) is 0 Å². The zero-order chi connectivity index (χ0) is 6.53. The summed E-state index contributed by atoms with van der Waals surface area (Å²) in [6.07, 6.45) is 8.20. The van der Waals surface area contributed by atoms with Crippen molar-refractivity contribution in [1.29, 1.82) is 5.26 Å². The summed E-state index contributed by atoms with van der Waals surface area (Å²) in [6.45, 7) is 0. The number of hydrogen-bond donors (Lipinski definition) is 0. The van der Waals surface area contributed by atoms with Crippen molar-refractivity contribution in [2.24, 2.45) is 10.3 Å². The molecule has 4 heteroatoms. The van der Waals surface area contributed by atoms with Crippen LogP contribution in [0.2, 0.25) is 0 Å². The van der Waals surface area contributed by atoms with Gasteiger partial charge in [-0.3, -0.25) is 0 Å². The summed E-state index contributed by atoms with van der Waals surface area (Å²) in [5, 5.41) is 16.3. The van der Waals surface area contributed by atoms with Crippen LogP contribution in [0.5, 0.6) is 0 Å². The molecule has 0 aromatic rings. The van der Waals surface area contributed by atoms with Crippen LogP contribution in [0.15, 0.2) is 34.9 Å². The zero-order valence-electron chi connectivity index (χ0n) is 4.60. The van der Waals surface area contributed by atoms with E-state index < -0.39 is 0 Å². The summed E-state index contributed by atoms with van der Waals surface area (Å²) in [6, 6.07) is 0. The van der Waals surface area contributed by atoms with E-state index in [0.717, 1.165) is 5.01 Å². The van der Waals surface area contributed by atoms with Crippen molar-refractivity contribution in [3.8, 4) is 6.19 Å². The van der Waals surface area contributed by atoms with Gasteiger partial charge in [-0.05, 0) is 12.2 Å². The van der Waals surface area contributed by atoms with Crippen LogP contribution < -0.4 is 0 Å². The van der Waals surface area contributed by atoms with Gasteiger partial charge in [-0.25, -0.2) is 0 Å². The molecule has 1 rings (SSSR count). The first-order valence-corrected chi connectivity index (χ1v) is 2.36. The Labute approximate surface area is 52.4 Å². The molecule has 0 aromatic heterocycles. The molecule has 0 atom stereocenters. The average Bonchev–Trinajstić information content (AvgIpc) is 2.13. The quantitative estimate of drug-likeness (QED) is 0.450. The van der Waals surface area contributed by atoms with E-state index in [0.29, 0.717) is 0 Å². The van der Waals surface area contributed by atoms with Gasteiger partial charge in [0.2, 0.25) is 6.19 Å². The molecule has 9 heavy (non-hydrogen) atoms. The average molecular weight is 120 g/mol. The lowest BCUT2D eigenvalue weighted by molar-refractivity contribution is 0.528. The maximum absolute atomic E-state index is 8.26. The van der Waals surface area contributed by atoms with Crippen LogP contribution in [-0.2, 0) is 0 Å². The van der Waals surface area contributed by atoms with E-state index in [1.807, 2.05) is 0 Å². The van der Waals surface area contributed by atoms with Gasteiger partial charge in [-0.15, -0.1) is 5.11 Å². The fourth-order valence-corrected chi connectivity index (χ4v) is 0.388. The van der Waals surface area contributed by atoms with Crippen LogP contribution in [0.1, 0.15) is 0 Å². The monoisotopic (exact) mass is 120 g/mol. The van der Waals surface area contributed by atoms with E-state index in [1.165, 1.54) is 12.4 Å². The third kappa shape index (κ3) is 1.39. The summed E-state index contributed by atoms with van der Waals surface area (Å²) in [5.41, 5.74) is 0. The molecule has 0 fully saturated rings. The third-order valence-electron chi connectivity index (χ3n) is 0.742. The number of hydrogen-bond acceptors (Lipinski definition) is 4. The molecule has 1 aliphatic heterocycles. The largest absolute Gasteiger partial charge is 0.207 e. The maximum Gasteiger partial charge on any atom is 0.207 e. The predicted octanol–water partition coefficient (Wildman–Crippen LogP) is 1.18. The van der Waals surface area contributed by atoms with Gasteiger partial charge in [-0.1, -0.05) is 5.22 Å². The minimum atomic E-state index is 1.07. The van der Waals surface area contributed by atoms with Crippen LogP contribution in [0.3, 0.4) is 0 Å². The predicted molar refractivity (Wildman–Crippen MR) is 30.6 cm³/mol. The third-order valence-corrected chi connectivity index (χ3v) is 0.742. The normalized spacial score (nSPS) is 15.2. The molecule has 1 heterocycles. The molecule has 0 unspecified atom stereocenters. The van der Waals surface area contributed by atoms with Gasteiger partial charge >= 0.3 is 0 Å². The van der Waals surface area contributed by atoms with Crippen molar-refractivity contribution in [1.82, 2.24) is 5.01 Å². The SMILES string of the molecule is N#CN1C=CC=CN=N1. The highest BCUT2D eigenvalue weighted by atomic mass is 15.5. The number of rotatable bonds is 0. The molecule has 0 aliphatic carbocycles. The van der Waals surface area contributed by atoms with Gasteiger partial charge < -0.3 is 0 Å². The molecule has 0 bridgehead atoms. The van der Waals surface area contributed by atoms with Gasteiger partial charge in [-0.2, -0.15) is 10.3 Å². The molecule has 0 radical (unpaired) electrons. The Kier molecular flexibility index (Phi) is 1.60. The van der Waals surface area contributed by atoms with Crippen molar-refractivity contribution in [2.45, 2.75) is 0 Å². The zero-order valence-corrected chi connectivity index (χ0v) is 4.60. The lowest BCUT2D eigenvalue weighted by Crippen LogP contribution is -1.96. The van der Waals surface area contributed by atoms with Crippen molar-refractivity contribution in [3.63, 3.8) is 0 Å². The molecule has 0 saturated heterocycles. The molecule has 4 nitrogen and oxygen atoms in total. The minimum Gasteiger partial charge on any atom is -0.170 e. The minimum absolute atomic E-state index is 1.07. The van der Waals surface area contributed by atoms with E-state index in [-0.39, 0.29) is 0 Å². The number of nitriles is 1. The molecule has 0 saturated carbocycles. The molecule has 0 amide bonds. The van der Waals surface area contributed by atoms with Crippen molar-refractivity contribution >= 4 is 0 Å². The van der Waals surface area contributed by atoms with E-state index >= 15 is 0 Å². The standard InChI is InChI=1S/C5H4N4/c6-5-9-4-2-1-3-7-8-9/h1-4H. The van der Waals surface area contributed by atoms with Crippen LogP contribution in [0, 0.1) is 11.5 Å². The summed E-state index contributed by atoms with van der Waals surface area (Å²) in [7, 11) is 0. The molecule has 44 valence electrons. The summed E-state index contributed by atoms with van der Waals surface area (Å²) >= 11 is 0. The summed E-state index contributed by atoms with van der Waals surface area (Å²) in [4.78, 5) is 0. The lowest BCUT2D eigenvalue weighted by Gasteiger charge is -1.93. The van der Waals surface area contributed by atoms with E-state index in [4.69, 9.17) is 5.26 Å². The Bertz CT molecular complexity index is 191. The van der Waals surface area contributed by atoms with Gasteiger partial charge in [0.05, 0.1) is 6.20 Å². The fourth-order valence-electron chi connectivity index (χ4n) is 0.388. The van der Waals surface area contributed by atoms with Crippen LogP contribution in [0.25, 0.3) is 0 Å². The van der Waals surface area contributed by atoms with Gasteiger partial charge in [0.25, 0.3) is 0 Å². The summed E-state index contributed by atoms with van der Waals surface area (Å²) in [5.74, 6) is 0. The molecule has 1 aliphatic rings. The molecule has 0 N–H and O–H groups in total. The van der Waals surface area contributed by atoms with E-state index in [1.54, 1.807) is 18.3 Å². The van der Waals surface area contributed by atoms with E-state index in [9.17, 15) is 0 Å². The van der Waals surface area contributed by atoms with Crippen molar-refractivity contribution in [2.75, 3.05) is 0 Å². The second-order valence-electron chi connectivity index (χ2n) is 1.33. The molecular formula is C5H4N4. The highest BCUT2D eigenvalue weighted by Gasteiger charge is 1.89. The van der Waals surface area contributed by atoms with Gasteiger partial charge in [0.15, 0.2) is 0 Å². The van der Waals surface area contributed by atoms with Crippen LogP contribution in [0.4, 0.5) is 0 Å². The highest BCUT2D eigenvalue weighted by molar-refractivity contribution is 5.04. The van der Waals surface area contributed by atoms with Crippen LogP contribution >= 0.6 is 0 Å². The first-order chi connectivity index (χ1) is 4.43. The molecule has 0 aromatic carbocycles. The Morgan fingerprint density at radius 1 is 1.44 bits per heavy atom. The number of nitrogens with zero attached hydrogens (tertiary/aromatic N) is 4. The van der Waals surface area contributed by atoms with Gasteiger partial charge in [0, 0.05) is 6.20 Å². The second kappa shape index (κ2) is 2.62. The molecule has 0 spiro atoms. The maximum atomic E-state index is 8.26. The first kappa shape index (κ1) is 5.51. The summed E-state index contributed by atoms with van der Waals surface area (Å²) < 4.78 is 0. The highest BCUT2D eigenvalue weighted by Crippen LogP contribution is 1.95. The first-order valence-electron chi connectivity index (χ1n) is 2.36. The molecular weight excluding hydrogens is 116 g/mol. The second-order valence-corrected chi connectivity index (χ2v) is 1.33. The number of allylic oxidation sites excluding steroid dienone is 2. The lowest BCUT2D eigenvalue weighted by atomic mass is 10.6. The van der Waals surface area contributed by atoms with Crippen molar-refractivity contribution < 1.29 is 0 Å².